The van der Waals surface area contributed by atoms with Crippen LogP contribution in [0.3, 0.4) is 0 Å². The van der Waals surface area contributed by atoms with Crippen molar-refractivity contribution < 1.29 is 23.8 Å². The maximum Gasteiger partial charge on any atom is 0.324 e. The van der Waals surface area contributed by atoms with Crippen molar-refractivity contribution in [3.63, 3.8) is 0 Å². The van der Waals surface area contributed by atoms with Gasteiger partial charge in [0.05, 0.1) is 43.1 Å². The van der Waals surface area contributed by atoms with E-state index in [2.05, 4.69) is 61.9 Å². The number of amides is 3. The molecule has 4 N–H and O–H groups in total. The van der Waals surface area contributed by atoms with Gasteiger partial charge in [-0.15, -0.1) is 0 Å². The fourth-order valence-electron chi connectivity index (χ4n) is 6.59. The Morgan fingerprint density at radius 1 is 0.897 bits per heavy atom. The highest BCUT2D eigenvalue weighted by Crippen LogP contribution is 2.33. The molecule has 1 aliphatic rings. The van der Waals surface area contributed by atoms with Crippen LogP contribution in [0.1, 0.15) is 48.1 Å². The fourth-order valence-corrected chi connectivity index (χ4v) is 6.59. The Kier molecular flexibility index (Phi) is 12.5. The predicted molar refractivity (Wildman–Crippen MR) is 222 cm³/mol. The predicted octanol–water partition coefficient (Wildman–Crippen LogP) is 6.38. The molecule has 0 radical (unpaired) electrons. The van der Waals surface area contributed by atoms with Crippen molar-refractivity contribution in [3.8, 4) is 11.4 Å². The van der Waals surface area contributed by atoms with E-state index in [4.69, 9.17) is 19.3 Å². The van der Waals surface area contributed by atoms with Crippen LogP contribution in [0.15, 0.2) is 104 Å². The van der Waals surface area contributed by atoms with Crippen LogP contribution in [-0.2, 0) is 28.1 Å². The van der Waals surface area contributed by atoms with Gasteiger partial charge in [0.2, 0.25) is 0 Å². The largest absolute Gasteiger partial charge is 0.488 e. The van der Waals surface area contributed by atoms with Gasteiger partial charge in [0.1, 0.15) is 35.9 Å². The minimum Gasteiger partial charge on any atom is -0.488 e. The molecular weight excluding hydrogens is 737 g/mol. The van der Waals surface area contributed by atoms with Gasteiger partial charge in [-0.3, -0.25) is 20.0 Å². The number of morpholine rings is 1. The second-order valence-corrected chi connectivity index (χ2v) is 14.9. The third-order valence-corrected chi connectivity index (χ3v) is 9.57. The number of benzene rings is 3. The average molecular weight is 785 g/mol. The zero-order valence-electron chi connectivity index (χ0n) is 33.1. The summed E-state index contributed by atoms with van der Waals surface area (Å²) in [6.07, 6.45) is 6.07. The number of hydrogen-bond acceptors (Lipinski definition) is 11. The summed E-state index contributed by atoms with van der Waals surface area (Å²) in [6.45, 7) is 9.83. The molecule has 3 aromatic heterocycles. The Bertz CT molecular complexity index is 2350. The number of pyridine rings is 1. The molecule has 4 heterocycles. The number of nitrogens with one attached hydrogen (secondary N) is 4. The first-order valence-electron chi connectivity index (χ1n) is 19.1. The molecule has 58 heavy (non-hydrogen) atoms. The summed E-state index contributed by atoms with van der Waals surface area (Å²) >= 11 is 0. The molecule has 300 valence electrons. The molecule has 15 nitrogen and oxygen atoms in total. The Morgan fingerprint density at radius 3 is 2.55 bits per heavy atom. The summed E-state index contributed by atoms with van der Waals surface area (Å²) in [5.74, 6) is 1.63. The second kappa shape index (κ2) is 18.2. The summed E-state index contributed by atoms with van der Waals surface area (Å²) in [5, 5.41) is 19.0. The number of anilines is 3. The van der Waals surface area contributed by atoms with Crippen LogP contribution in [-0.4, -0.2) is 87.7 Å². The molecule has 0 bridgehead atoms. The zero-order chi connectivity index (χ0) is 40.5. The Hall–Kier alpha value is -6.42. The van der Waals surface area contributed by atoms with Gasteiger partial charge in [-0.2, -0.15) is 5.10 Å². The Balaban J connectivity index is 0.996. The zero-order valence-corrected chi connectivity index (χ0v) is 33.1. The van der Waals surface area contributed by atoms with E-state index in [-0.39, 0.29) is 23.2 Å². The maximum absolute atomic E-state index is 13.6. The highest BCUT2D eigenvalue weighted by Gasteiger charge is 2.24. The quantitative estimate of drug-likeness (QED) is 0.0968. The first-order valence-corrected chi connectivity index (χ1v) is 19.1. The number of methoxy groups -OCH3 is 1. The van der Waals surface area contributed by atoms with E-state index in [1.165, 1.54) is 18.6 Å². The van der Waals surface area contributed by atoms with Gasteiger partial charge in [0, 0.05) is 67.6 Å². The highest BCUT2D eigenvalue weighted by molar-refractivity contribution is 6.07. The van der Waals surface area contributed by atoms with E-state index in [0.29, 0.717) is 69.1 Å². The molecule has 1 atom stereocenters. The molecule has 1 saturated heterocycles. The van der Waals surface area contributed by atoms with Crippen molar-refractivity contribution in [3.05, 3.63) is 126 Å². The third-order valence-electron chi connectivity index (χ3n) is 9.57. The van der Waals surface area contributed by atoms with Crippen LogP contribution in [0.5, 0.6) is 5.75 Å². The van der Waals surface area contributed by atoms with Gasteiger partial charge < -0.3 is 30.2 Å². The SMILES string of the molecule is COCc1cccc(-n2nc(C(C)(C)C)cc2NC(=O)Nc2ccc(OCc3ccnc(NC4COCCN4CCNC(=O)c4cnccn4)c3)c3ccccc23)c1. The van der Waals surface area contributed by atoms with Crippen molar-refractivity contribution in [2.24, 2.45) is 0 Å². The summed E-state index contributed by atoms with van der Waals surface area (Å²) in [5.41, 5.74) is 4.24. The number of nitrogens with zero attached hydrogens (tertiary/aromatic N) is 6. The smallest absolute Gasteiger partial charge is 0.324 e. The van der Waals surface area contributed by atoms with Crippen molar-refractivity contribution in [1.29, 1.82) is 0 Å². The monoisotopic (exact) mass is 784 g/mol. The lowest BCUT2D eigenvalue weighted by atomic mass is 9.92. The van der Waals surface area contributed by atoms with Crippen LogP contribution in [0.25, 0.3) is 16.5 Å². The standard InChI is InChI=1S/C43H48N10O5/c1-43(2,3)37-24-39(53(51-37)31-9-7-8-29(22-31)26-56-4)50-42(55)48-34-12-13-36(33-11-6-5-10-32(33)34)58-27-30-14-15-46-38(23-30)49-40-28-57-21-20-52(40)19-18-47-41(54)35-25-44-16-17-45-35/h5-17,22-25,40H,18-21,26-28H2,1-4H3,(H,46,49)(H,47,54)(H2,48,50,55). The van der Waals surface area contributed by atoms with Crippen LogP contribution in [0, 0.1) is 0 Å². The van der Waals surface area contributed by atoms with E-state index in [0.717, 1.165) is 33.3 Å². The average Bonchev–Trinajstić information content (AvgIpc) is 3.66. The molecular formula is C43H48N10O5. The molecule has 1 unspecified atom stereocenters. The van der Waals surface area contributed by atoms with Crippen molar-refractivity contribution in [1.82, 2.24) is 34.9 Å². The topological polar surface area (TPSA) is 170 Å². The first-order chi connectivity index (χ1) is 28.1. The fraction of sp³-hybridized carbons (Fsp3) is 0.302. The van der Waals surface area contributed by atoms with Gasteiger partial charge >= 0.3 is 6.03 Å². The number of urea groups is 1. The van der Waals surface area contributed by atoms with Gasteiger partial charge in [0.25, 0.3) is 5.91 Å². The van der Waals surface area contributed by atoms with Gasteiger partial charge in [-0.25, -0.2) is 19.4 Å². The minimum atomic E-state index is -0.404. The van der Waals surface area contributed by atoms with Crippen LogP contribution >= 0.6 is 0 Å². The minimum absolute atomic E-state index is 0.139. The van der Waals surface area contributed by atoms with E-state index in [1.807, 2.05) is 78.9 Å². The van der Waals surface area contributed by atoms with Crippen molar-refractivity contribution >= 4 is 40.0 Å². The van der Waals surface area contributed by atoms with E-state index < -0.39 is 6.03 Å². The summed E-state index contributed by atoms with van der Waals surface area (Å²) in [6, 6.07) is 24.8. The number of rotatable bonds is 14. The normalized spacial score (nSPS) is 14.5. The molecule has 0 aliphatic carbocycles. The summed E-state index contributed by atoms with van der Waals surface area (Å²) < 4.78 is 19.2. The van der Waals surface area contributed by atoms with Gasteiger partial charge in [-0.1, -0.05) is 57.2 Å². The lowest BCUT2D eigenvalue weighted by Gasteiger charge is -2.36. The van der Waals surface area contributed by atoms with Crippen LogP contribution in [0.2, 0.25) is 0 Å². The maximum atomic E-state index is 13.6. The Labute approximate surface area is 337 Å². The number of ether oxygens (including phenoxy) is 3. The molecule has 3 amide bonds. The number of hydrogen-bond donors (Lipinski definition) is 4. The van der Waals surface area contributed by atoms with E-state index in [9.17, 15) is 9.59 Å². The number of carbonyl (C=O) groups is 2. The highest BCUT2D eigenvalue weighted by atomic mass is 16.5. The number of aromatic nitrogens is 5. The molecule has 7 rings (SSSR count). The Morgan fingerprint density at radius 2 is 1.74 bits per heavy atom. The molecule has 6 aromatic rings. The van der Waals surface area contributed by atoms with Crippen LogP contribution in [0.4, 0.5) is 22.1 Å². The van der Waals surface area contributed by atoms with E-state index >= 15 is 0 Å². The van der Waals surface area contributed by atoms with Crippen LogP contribution < -0.4 is 26.0 Å². The van der Waals surface area contributed by atoms with Crippen molar-refractivity contribution in [2.45, 2.75) is 45.6 Å². The van der Waals surface area contributed by atoms with Crippen molar-refractivity contribution in [2.75, 3.05) is 55.9 Å². The third kappa shape index (κ3) is 9.92. The van der Waals surface area contributed by atoms with Gasteiger partial charge in [-0.05, 0) is 47.5 Å². The summed E-state index contributed by atoms with van der Waals surface area (Å²) in [4.78, 5) is 40.8. The van der Waals surface area contributed by atoms with Gasteiger partial charge in [0.15, 0.2) is 0 Å². The lowest BCUT2D eigenvalue weighted by Crippen LogP contribution is -2.52. The molecule has 0 saturated carbocycles. The number of fused-ring (bicyclic) bond motifs is 1. The molecule has 0 spiro atoms. The molecule has 3 aromatic carbocycles. The lowest BCUT2D eigenvalue weighted by molar-refractivity contribution is 0.00383. The molecule has 1 fully saturated rings. The number of carbonyl (C=O) groups excluding carboxylic acids is 2. The first kappa shape index (κ1) is 39.8. The summed E-state index contributed by atoms with van der Waals surface area (Å²) in [7, 11) is 1.66. The molecule has 1 aliphatic heterocycles. The van der Waals surface area contributed by atoms with E-state index in [1.54, 1.807) is 18.0 Å². The second-order valence-electron chi connectivity index (χ2n) is 14.9. The molecule has 15 heteroatoms.